The summed E-state index contributed by atoms with van der Waals surface area (Å²) in [6.07, 6.45) is 1.54. The zero-order valence-corrected chi connectivity index (χ0v) is 9.76. The van der Waals surface area contributed by atoms with Crippen LogP contribution in [0.2, 0.25) is 0 Å². The number of hydrogen-bond donors (Lipinski definition) is 2. The average Bonchev–Trinajstić information content (AvgIpc) is 2.83. The number of nitrogens with zero attached hydrogens (tertiary/aromatic N) is 2. The zero-order valence-electron chi connectivity index (χ0n) is 9.76. The maximum absolute atomic E-state index is 11.8. The van der Waals surface area contributed by atoms with E-state index in [1.807, 2.05) is 0 Å². The second-order valence-corrected chi connectivity index (χ2v) is 4.02. The monoisotopic (exact) mass is 238 g/mol. The standard InChI is InChI=1S/C11H18N4O2/c12-3-4-14-5-7-15(8-6-14)11(16)13-10-2-1-9-17-10/h1-2,9H,3-8,12H2,(H,13,16). The zero-order chi connectivity index (χ0) is 12.1. The lowest BCUT2D eigenvalue weighted by molar-refractivity contribution is 0.149. The molecule has 0 bridgehead atoms. The van der Waals surface area contributed by atoms with Crippen molar-refractivity contribution in [3.8, 4) is 0 Å². The van der Waals surface area contributed by atoms with Crippen LogP contribution in [0.5, 0.6) is 0 Å². The van der Waals surface area contributed by atoms with Crippen LogP contribution in [0.1, 0.15) is 0 Å². The molecule has 1 aliphatic rings. The molecule has 2 amide bonds. The van der Waals surface area contributed by atoms with Gasteiger partial charge in [0.15, 0.2) is 0 Å². The molecule has 0 spiro atoms. The van der Waals surface area contributed by atoms with E-state index in [-0.39, 0.29) is 6.03 Å². The van der Waals surface area contributed by atoms with E-state index in [4.69, 9.17) is 10.2 Å². The molecule has 94 valence electrons. The maximum Gasteiger partial charge on any atom is 0.324 e. The van der Waals surface area contributed by atoms with Crippen LogP contribution in [0.3, 0.4) is 0 Å². The quantitative estimate of drug-likeness (QED) is 0.798. The molecule has 6 nitrogen and oxygen atoms in total. The molecular weight excluding hydrogens is 220 g/mol. The summed E-state index contributed by atoms with van der Waals surface area (Å²) in [7, 11) is 0. The summed E-state index contributed by atoms with van der Waals surface area (Å²) < 4.78 is 5.07. The van der Waals surface area contributed by atoms with Gasteiger partial charge in [0.1, 0.15) is 0 Å². The number of carbonyl (C=O) groups is 1. The molecule has 0 saturated carbocycles. The number of rotatable bonds is 3. The first-order valence-corrected chi connectivity index (χ1v) is 5.81. The van der Waals surface area contributed by atoms with Crippen molar-refractivity contribution in [3.05, 3.63) is 18.4 Å². The molecule has 0 atom stereocenters. The highest BCUT2D eigenvalue weighted by atomic mass is 16.3. The lowest BCUT2D eigenvalue weighted by Gasteiger charge is -2.34. The molecule has 0 radical (unpaired) electrons. The van der Waals surface area contributed by atoms with E-state index in [0.29, 0.717) is 12.4 Å². The molecule has 1 fully saturated rings. The van der Waals surface area contributed by atoms with Crippen molar-refractivity contribution in [3.63, 3.8) is 0 Å². The fourth-order valence-electron chi connectivity index (χ4n) is 1.89. The summed E-state index contributed by atoms with van der Waals surface area (Å²) in [6, 6.07) is 3.37. The number of anilines is 1. The Morgan fingerprint density at radius 3 is 2.76 bits per heavy atom. The Labute approximate surface area is 100 Å². The van der Waals surface area contributed by atoms with Crippen molar-refractivity contribution in [2.24, 2.45) is 5.73 Å². The van der Waals surface area contributed by atoms with Crippen molar-refractivity contribution in [1.29, 1.82) is 0 Å². The molecule has 0 unspecified atom stereocenters. The van der Waals surface area contributed by atoms with Gasteiger partial charge in [0.2, 0.25) is 5.88 Å². The normalized spacial score (nSPS) is 17.1. The SMILES string of the molecule is NCCN1CCN(C(=O)Nc2ccco2)CC1. The Bertz CT molecular complexity index is 344. The van der Waals surface area contributed by atoms with Gasteiger partial charge in [-0.25, -0.2) is 4.79 Å². The summed E-state index contributed by atoms with van der Waals surface area (Å²) in [5, 5.41) is 2.72. The largest absolute Gasteiger partial charge is 0.449 e. The predicted molar refractivity (Wildman–Crippen MR) is 64.8 cm³/mol. The molecule has 0 aromatic carbocycles. The molecule has 1 saturated heterocycles. The third-order valence-electron chi connectivity index (χ3n) is 2.86. The third kappa shape index (κ3) is 3.21. The number of nitrogens with one attached hydrogen (secondary N) is 1. The topological polar surface area (TPSA) is 74.7 Å². The molecule has 1 aromatic heterocycles. The number of nitrogens with two attached hydrogens (primary N) is 1. The number of hydrogen-bond acceptors (Lipinski definition) is 4. The van der Waals surface area contributed by atoms with Crippen molar-refractivity contribution in [2.75, 3.05) is 44.6 Å². The minimum Gasteiger partial charge on any atom is -0.449 e. The molecule has 2 rings (SSSR count). The lowest BCUT2D eigenvalue weighted by Crippen LogP contribution is -2.50. The number of amides is 2. The van der Waals surface area contributed by atoms with Crippen LogP contribution in [0.4, 0.5) is 10.7 Å². The number of furan rings is 1. The van der Waals surface area contributed by atoms with E-state index >= 15 is 0 Å². The van der Waals surface area contributed by atoms with Gasteiger partial charge in [0, 0.05) is 45.3 Å². The lowest BCUT2D eigenvalue weighted by atomic mass is 10.3. The molecule has 1 aliphatic heterocycles. The Balaban J connectivity index is 1.78. The van der Waals surface area contributed by atoms with Gasteiger partial charge in [-0.05, 0) is 6.07 Å². The average molecular weight is 238 g/mol. The highest BCUT2D eigenvalue weighted by Crippen LogP contribution is 2.09. The van der Waals surface area contributed by atoms with Gasteiger partial charge in [-0.1, -0.05) is 0 Å². The second-order valence-electron chi connectivity index (χ2n) is 4.02. The van der Waals surface area contributed by atoms with E-state index in [2.05, 4.69) is 10.2 Å². The molecule has 0 aliphatic carbocycles. The van der Waals surface area contributed by atoms with E-state index in [1.165, 1.54) is 6.26 Å². The van der Waals surface area contributed by atoms with Crippen molar-refractivity contribution in [2.45, 2.75) is 0 Å². The fourth-order valence-corrected chi connectivity index (χ4v) is 1.89. The maximum atomic E-state index is 11.8. The van der Waals surface area contributed by atoms with Crippen LogP contribution in [0.25, 0.3) is 0 Å². The summed E-state index contributed by atoms with van der Waals surface area (Å²) >= 11 is 0. The second kappa shape index (κ2) is 5.70. The van der Waals surface area contributed by atoms with Gasteiger partial charge in [-0.15, -0.1) is 0 Å². The molecule has 6 heteroatoms. The van der Waals surface area contributed by atoms with Crippen LogP contribution in [0, 0.1) is 0 Å². The van der Waals surface area contributed by atoms with Crippen LogP contribution in [0.15, 0.2) is 22.8 Å². The van der Waals surface area contributed by atoms with Crippen molar-refractivity contribution < 1.29 is 9.21 Å². The van der Waals surface area contributed by atoms with E-state index in [0.717, 1.165) is 32.7 Å². The van der Waals surface area contributed by atoms with Crippen molar-refractivity contribution >= 4 is 11.9 Å². The summed E-state index contributed by atoms with van der Waals surface area (Å²) in [5.74, 6) is 0.486. The highest BCUT2D eigenvalue weighted by Gasteiger charge is 2.20. The highest BCUT2D eigenvalue weighted by molar-refractivity contribution is 5.87. The van der Waals surface area contributed by atoms with Crippen LogP contribution < -0.4 is 11.1 Å². The Hall–Kier alpha value is -1.53. The van der Waals surface area contributed by atoms with E-state index < -0.39 is 0 Å². The van der Waals surface area contributed by atoms with Gasteiger partial charge in [-0.3, -0.25) is 10.2 Å². The number of piperazine rings is 1. The van der Waals surface area contributed by atoms with Crippen LogP contribution >= 0.6 is 0 Å². The number of carbonyl (C=O) groups excluding carboxylic acids is 1. The van der Waals surface area contributed by atoms with Crippen LogP contribution in [-0.2, 0) is 0 Å². The molecule has 3 N–H and O–H groups in total. The van der Waals surface area contributed by atoms with E-state index in [1.54, 1.807) is 17.0 Å². The molecule has 2 heterocycles. The van der Waals surface area contributed by atoms with Gasteiger partial charge in [-0.2, -0.15) is 0 Å². The Kier molecular flexibility index (Phi) is 4.00. The predicted octanol–water partition coefficient (Wildman–Crippen LogP) is 0.388. The number of urea groups is 1. The minimum absolute atomic E-state index is 0.104. The van der Waals surface area contributed by atoms with Gasteiger partial charge in [0.05, 0.1) is 6.26 Å². The Morgan fingerprint density at radius 2 is 2.18 bits per heavy atom. The summed E-state index contributed by atoms with van der Waals surface area (Å²) in [4.78, 5) is 15.9. The first kappa shape index (κ1) is 11.9. The first-order valence-electron chi connectivity index (χ1n) is 5.81. The summed E-state index contributed by atoms with van der Waals surface area (Å²) in [5.41, 5.74) is 5.50. The fraction of sp³-hybridized carbons (Fsp3) is 0.545. The minimum atomic E-state index is -0.104. The third-order valence-corrected chi connectivity index (χ3v) is 2.86. The van der Waals surface area contributed by atoms with Gasteiger partial charge in [0.25, 0.3) is 0 Å². The Morgan fingerprint density at radius 1 is 1.41 bits per heavy atom. The first-order chi connectivity index (χ1) is 8.29. The van der Waals surface area contributed by atoms with E-state index in [9.17, 15) is 4.79 Å². The van der Waals surface area contributed by atoms with Crippen molar-refractivity contribution in [1.82, 2.24) is 9.80 Å². The molecular formula is C11H18N4O2. The van der Waals surface area contributed by atoms with Gasteiger partial charge >= 0.3 is 6.03 Å². The smallest absolute Gasteiger partial charge is 0.324 e. The molecule has 17 heavy (non-hydrogen) atoms. The van der Waals surface area contributed by atoms with Gasteiger partial charge < -0.3 is 15.1 Å². The summed E-state index contributed by atoms with van der Waals surface area (Å²) in [6.45, 7) is 4.77. The molecule has 1 aromatic rings. The van der Waals surface area contributed by atoms with Crippen LogP contribution in [-0.4, -0.2) is 55.1 Å².